The zero-order valence-corrected chi connectivity index (χ0v) is 14.5. The highest BCUT2D eigenvalue weighted by Crippen LogP contribution is 2.22. The van der Waals surface area contributed by atoms with E-state index in [-0.39, 0.29) is 11.8 Å². The summed E-state index contributed by atoms with van der Waals surface area (Å²) < 4.78 is 0. The van der Waals surface area contributed by atoms with Crippen LogP contribution < -0.4 is 0 Å². The summed E-state index contributed by atoms with van der Waals surface area (Å²) in [7, 11) is 0. The second-order valence-electron chi connectivity index (χ2n) is 7.06. The predicted octanol–water partition coefficient (Wildman–Crippen LogP) is 2.87. The van der Waals surface area contributed by atoms with E-state index in [0.717, 1.165) is 57.4 Å². The SMILES string of the molecule is O=C(Cc1ccccc1)N1CCC(C(=O)N2CCCCCC2)CC1. The normalized spacial score (nSPS) is 19.8. The van der Waals surface area contributed by atoms with Crippen molar-refractivity contribution in [1.82, 2.24) is 9.80 Å². The van der Waals surface area contributed by atoms with Crippen molar-refractivity contribution < 1.29 is 9.59 Å². The first-order chi connectivity index (χ1) is 11.7. The molecule has 2 saturated heterocycles. The minimum Gasteiger partial charge on any atom is -0.342 e. The summed E-state index contributed by atoms with van der Waals surface area (Å²) in [6.45, 7) is 3.28. The van der Waals surface area contributed by atoms with Crippen molar-refractivity contribution >= 4 is 11.8 Å². The van der Waals surface area contributed by atoms with Crippen LogP contribution >= 0.6 is 0 Å². The number of carbonyl (C=O) groups excluding carboxylic acids is 2. The van der Waals surface area contributed by atoms with E-state index in [9.17, 15) is 9.59 Å². The van der Waals surface area contributed by atoms with Crippen molar-refractivity contribution in [2.24, 2.45) is 5.92 Å². The third-order valence-corrected chi connectivity index (χ3v) is 5.31. The third kappa shape index (κ3) is 4.37. The predicted molar refractivity (Wildman–Crippen MR) is 94.5 cm³/mol. The first-order valence-electron chi connectivity index (χ1n) is 9.34. The lowest BCUT2D eigenvalue weighted by molar-refractivity contribution is -0.140. The molecule has 0 spiro atoms. The lowest BCUT2D eigenvalue weighted by Crippen LogP contribution is -2.45. The Hall–Kier alpha value is -1.84. The highest BCUT2D eigenvalue weighted by Gasteiger charge is 2.30. The van der Waals surface area contributed by atoms with Crippen molar-refractivity contribution in [3.05, 3.63) is 35.9 Å². The molecule has 0 aromatic heterocycles. The number of benzene rings is 1. The Morgan fingerprint density at radius 2 is 1.46 bits per heavy atom. The molecule has 0 radical (unpaired) electrons. The molecule has 0 N–H and O–H groups in total. The molecule has 2 aliphatic rings. The van der Waals surface area contributed by atoms with Crippen LogP contribution in [0, 0.1) is 5.92 Å². The molecule has 1 aromatic rings. The Balaban J connectivity index is 1.48. The second kappa shape index (κ2) is 8.32. The van der Waals surface area contributed by atoms with Crippen LogP contribution in [0.1, 0.15) is 44.1 Å². The number of nitrogens with zero attached hydrogens (tertiary/aromatic N) is 2. The first-order valence-corrected chi connectivity index (χ1v) is 9.34. The van der Waals surface area contributed by atoms with Gasteiger partial charge in [-0.2, -0.15) is 0 Å². The summed E-state index contributed by atoms with van der Waals surface area (Å²) in [6, 6.07) is 9.89. The Kier molecular flexibility index (Phi) is 5.89. The fraction of sp³-hybridized carbons (Fsp3) is 0.600. The van der Waals surface area contributed by atoms with E-state index in [1.54, 1.807) is 0 Å². The smallest absolute Gasteiger partial charge is 0.226 e. The van der Waals surface area contributed by atoms with Crippen LogP contribution in [0.4, 0.5) is 0 Å². The maximum absolute atomic E-state index is 12.7. The Morgan fingerprint density at radius 3 is 2.08 bits per heavy atom. The van der Waals surface area contributed by atoms with Crippen LogP contribution in [-0.2, 0) is 16.0 Å². The van der Waals surface area contributed by atoms with Crippen molar-refractivity contribution in [3.8, 4) is 0 Å². The minimum absolute atomic E-state index is 0.115. The average molecular weight is 328 g/mol. The van der Waals surface area contributed by atoms with E-state index in [1.807, 2.05) is 35.2 Å². The molecule has 4 heteroatoms. The molecule has 4 nitrogen and oxygen atoms in total. The fourth-order valence-corrected chi connectivity index (χ4v) is 3.81. The maximum atomic E-state index is 12.7. The second-order valence-corrected chi connectivity index (χ2v) is 7.06. The molecule has 0 atom stereocenters. The van der Waals surface area contributed by atoms with Crippen molar-refractivity contribution in [3.63, 3.8) is 0 Å². The number of hydrogen-bond acceptors (Lipinski definition) is 2. The van der Waals surface area contributed by atoms with Gasteiger partial charge in [-0.1, -0.05) is 43.2 Å². The van der Waals surface area contributed by atoms with Gasteiger partial charge in [-0.05, 0) is 31.2 Å². The molecule has 0 saturated carbocycles. The summed E-state index contributed by atoms with van der Waals surface area (Å²) in [6.07, 6.45) is 6.87. The Bertz CT molecular complexity index is 542. The van der Waals surface area contributed by atoms with Gasteiger partial charge in [0, 0.05) is 32.1 Å². The van der Waals surface area contributed by atoms with Crippen LogP contribution in [0.2, 0.25) is 0 Å². The third-order valence-electron chi connectivity index (χ3n) is 5.31. The molecule has 0 unspecified atom stereocenters. The van der Waals surface area contributed by atoms with E-state index in [4.69, 9.17) is 0 Å². The van der Waals surface area contributed by atoms with Gasteiger partial charge in [0.25, 0.3) is 0 Å². The summed E-state index contributed by atoms with van der Waals surface area (Å²) in [5, 5.41) is 0. The summed E-state index contributed by atoms with van der Waals surface area (Å²) in [4.78, 5) is 29.1. The summed E-state index contributed by atoms with van der Waals surface area (Å²) in [5.41, 5.74) is 1.06. The van der Waals surface area contributed by atoms with Crippen LogP contribution in [0.15, 0.2) is 30.3 Å². The zero-order chi connectivity index (χ0) is 16.8. The van der Waals surface area contributed by atoms with Gasteiger partial charge >= 0.3 is 0 Å². The van der Waals surface area contributed by atoms with Gasteiger partial charge in [0.15, 0.2) is 0 Å². The van der Waals surface area contributed by atoms with Crippen molar-refractivity contribution in [1.29, 1.82) is 0 Å². The molecule has 1 aromatic carbocycles. The van der Waals surface area contributed by atoms with Gasteiger partial charge in [-0.3, -0.25) is 9.59 Å². The van der Waals surface area contributed by atoms with E-state index in [2.05, 4.69) is 4.90 Å². The van der Waals surface area contributed by atoms with E-state index in [0.29, 0.717) is 12.3 Å². The van der Waals surface area contributed by atoms with Gasteiger partial charge in [0.2, 0.25) is 11.8 Å². The molecule has 2 amide bonds. The van der Waals surface area contributed by atoms with Gasteiger partial charge < -0.3 is 9.80 Å². The molecular formula is C20H28N2O2. The van der Waals surface area contributed by atoms with Crippen LogP contribution in [-0.4, -0.2) is 47.8 Å². The number of amides is 2. The largest absolute Gasteiger partial charge is 0.342 e. The molecule has 24 heavy (non-hydrogen) atoms. The number of piperidine rings is 1. The number of hydrogen-bond donors (Lipinski definition) is 0. The number of likely N-dealkylation sites (tertiary alicyclic amines) is 2. The van der Waals surface area contributed by atoms with Gasteiger partial charge in [0.05, 0.1) is 6.42 Å². The lowest BCUT2D eigenvalue weighted by Gasteiger charge is -2.34. The first kappa shape index (κ1) is 17.0. The monoisotopic (exact) mass is 328 g/mol. The zero-order valence-electron chi connectivity index (χ0n) is 14.5. The van der Waals surface area contributed by atoms with Crippen molar-refractivity contribution in [2.75, 3.05) is 26.2 Å². The van der Waals surface area contributed by atoms with E-state index >= 15 is 0 Å². The minimum atomic E-state index is 0.115. The van der Waals surface area contributed by atoms with E-state index < -0.39 is 0 Å². The number of carbonyl (C=O) groups is 2. The van der Waals surface area contributed by atoms with Gasteiger partial charge in [-0.15, -0.1) is 0 Å². The summed E-state index contributed by atoms with van der Waals surface area (Å²) >= 11 is 0. The van der Waals surface area contributed by atoms with Crippen molar-refractivity contribution in [2.45, 2.75) is 44.9 Å². The van der Waals surface area contributed by atoms with Gasteiger partial charge in [-0.25, -0.2) is 0 Å². The van der Waals surface area contributed by atoms with Crippen LogP contribution in [0.5, 0.6) is 0 Å². The molecule has 2 aliphatic heterocycles. The highest BCUT2D eigenvalue weighted by atomic mass is 16.2. The molecule has 130 valence electrons. The number of rotatable bonds is 3. The molecule has 0 aliphatic carbocycles. The fourth-order valence-electron chi connectivity index (χ4n) is 3.81. The van der Waals surface area contributed by atoms with E-state index in [1.165, 1.54) is 12.8 Å². The quantitative estimate of drug-likeness (QED) is 0.856. The van der Waals surface area contributed by atoms with Crippen LogP contribution in [0.25, 0.3) is 0 Å². The Labute approximate surface area is 144 Å². The van der Waals surface area contributed by atoms with Gasteiger partial charge in [0.1, 0.15) is 0 Å². The molecule has 2 fully saturated rings. The topological polar surface area (TPSA) is 40.6 Å². The lowest BCUT2D eigenvalue weighted by atomic mass is 9.94. The standard InChI is InChI=1S/C20H28N2O2/c23-19(16-17-8-4-3-5-9-17)21-14-10-18(11-15-21)20(24)22-12-6-1-2-7-13-22/h3-5,8-9,18H,1-2,6-7,10-16H2. The molecule has 3 rings (SSSR count). The summed E-state index contributed by atoms with van der Waals surface area (Å²) in [5.74, 6) is 0.623. The molecule has 2 heterocycles. The Morgan fingerprint density at radius 1 is 0.833 bits per heavy atom. The molecule has 0 bridgehead atoms. The average Bonchev–Trinajstić information content (AvgIpc) is 2.91. The molecular weight excluding hydrogens is 300 g/mol. The highest BCUT2D eigenvalue weighted by molar-refractivity contribution is 5.81. The van der Waals surface area contributed by atoms with Crippen LogP contribution in [0.3, 0.4) is 0 Å². The maximum Gasteiger partial charge on any atom is 0.226 e.